The van der Waals surface area contributed by atoms with Gasteiger partial charge in [0, 0.05) is 23.7 Å². The highest BCUT2D eigenvalue weighted by Gasteiger charge is 2.54. The third-order valence-corrected chi connectivity index (χ3v) is 6.70. The Morgan fingerprint density at radius 1 is 0.483 bits per heavy atom. The van der Waals surface area contributed by atoms with Crippen molar-refractivity contribution < 1.29 is 0 Å². The fourth-order valence-electron chi connectivity index (χ4n) is 5.17. The lowest BCUT2D eigenvalue weighted by molar-refractivity contribution is 0.439. The van der Waals surface area contributed by atoms with E-state index in [0.717, 1.165) is 0 Å². The molecule has 4 aliphatic rings. The molecular weight excluding hydrogens is 348 g/mol. The highest BCUT2D eigenvalue weighted by atomic mass is 14.6. The number of allylic oxidation sites excluding steroid dienone is 2. The molecule has 2 saturated carbocycles. The fraction of sp³-hybridized carbons (Fsp3) is 0.103. The monoisotopic (exact) mass is 370 g/mol. The number of hydrogen-bond donors (Lipinski definition) is 0. The summed E-state index contributed by atoms with van der Waals surface area (Å²) in [6.07, 6.45) is 18.4. The van der Waals surface area contributed by atoms with E-state index >= 15 is 0 Å². The minimum Gasteiger partial charge on any atom is -0.0752 e. The van der Waals surface area contributed by atoms with E-state index in [4.69, 9.17) is 0 Å². The highest BCUT2D eigenvalue weighted by molar-refractivity contribution is 5.81. The Labute approximate surface area is 175 Å². The first-order valence-corrected chi connectivity index (χ1v) is 10.3. The van der Waals surface area contributed by atoms with E-state index in [0.29, 0.717) is 0 Å². The van der Waals surface area contributed by atoms with Gasteiger partial charge in [-0.25, -0.2) is 0 Å². The second-order valence-corrected chi connectivity index (χ2v) is 8.61. The highest BCUT2D eigenvalue weighted by Crippen LogP contribution is 2.63. The van der Waals surface area contributed by atoms with Gasteiger partial charge in [0.05, 0.1) is 0 Å². The Bertz CT molecular complexity index is 911. The van der Waals surface area contributed by atoms with E-state index in [1.807, 2.05) is 0 Å². The van der Waals surface area contributed by atoms with Crippen LogP contribution in [0.2, 0.25) is 0 Å². The average Bonchev–Trinajstić information content (AvgIpc) is 3.39. The molecule has 2 aromatic carbocycles. The number of fused-ring (bicyclic) bond motifs is 6. The lowest BCUT2D eigenvalue weighted by Crippen LogP contribution is -2.34. The van der Waals surface area contributed by atoms with Crippen molar-refractivity contribution in [3.05, 3.63) is 144 Å². The maximum atomic E-state index is 2.36. The normalized spacial score (nSPS) is 23.2. The van der Waals surface area contributed by atoms with Gasteiger partial charge in [-0.15, -0.1) is 0 Å². The van der Waals surface area contributed by atoms with E-state index < -0.39 is 0 Å². The molecule has 0 nitrogen and oxygen atoms in total. The van der Waals surface area contributed by atoms with Crippen LogP contribution in [0.25, 0.3) is 12.2 Å². The predicted molar refractivity (Wildman–Crippen MR) is 120 cm³/mol. The summed E-state index contributed by atoms with van der Waals surface area (Å²) >= 11 is 0. The van der Waals surface area contributed by atoms with Crippen LogP contribution < -0.4 is 0 Å². The van der Waals surface area contributed by atoms with Gasteiger partial charge in [0.25, 0.3) is 0 Å². The van der Waals surface area contributed by atoms with Gasteiger partial charge in [0.2, 0.25) is 0 Å². The maximum Gasteiger partial charge on any atom is 0.0208 e. The molecule has 0 spiro atoms. The molecule has 29 heavy (non-hydrogen) atoms. The topological polar surface area (TPSA) is 0 Å². The van der Waals surface area contributed by atoms with Crippen LogP contribution in [-0.4, -0.2) is 0 Å². The second kappa shape index (κ2) is 6.46. The Hall–Kier alpha value is -2.08. The van der Waals surface area contributed by atoms with E-state index in [-0.39, 0.29) is 5.41 Å². The van der Waals surface area contributed by atoms with Gasteiger partial charge in [-0.1, -0.05) is 86.7 Å². The zero-order valence-electron chi connectivity index (χ0n) is 16.7. The van der Waals surface area contributed by atoms with Crippen molar-refractivity contribution in [2.24, 2.45) is 5.41 Å². The van der Waals surface area contributed by atoms with Crippen molar-refractivity contribution in [2.45, 2.75) is 13.8 Å². The predicted octanol–water partition coefficient (Wildman–Crippen LogP) is 6.45. The van der Waals surface area contributed by atoms with Crippen molar-refractivity contribution in [1.29, 1.82) is 0 Å². The van der Waals surface area contributed by atoms with Crippen LogP contribution in [0.15, 0.2) is 60.7 Å². The molecule has 0 unspecified atom stereocenters. The first kappa shape index (κ1) is 17.8. The summed E-state index contributed by atoms with van der Waals surface area (Å²) in [4.78, 5) is 0. The minimum absolute atomic E-state index is 0.0750. The average molecular weight is 370 g/mol. The first-order valence-electron chi connectivity index (χ1n) is 10.3. The number of benzene rings is 2. The Morgan fingerprint density at radius 3 is 1.41 bits per heavy atom. The molecule has 0 aliphatic heterocycles. The molecule has 10 radical (unpaired) electrons. The zero-order chi connectivity index (χ0) is 19.6. The molecule has 138 valence electrons. The molecule has 4 aliphatic carbocycles. The Balaban J connectivity index is 1.31. The van der Waals surface area contributed by atoms with Gasteiger partial charge in [-0.3, -0.25) is 0 Å². The number of hydrogen-bond acceptors (Lipinski definition) is 0. The maximum absolute atomic E-state index is 2.36. The SMILES string of the molecule is CC(C)([C]1[CH][CH][C]2[C]1C=Cc1ccccc12)[C]1[CH][CH][C]2[C]1C=Cc1ccccc12. The van der Waals surface area contributed by atoms with Crippen molar-refractivity contribution in [1.82, 2.24) is 0 Å². The molecule has 0 saturated heterocycles. The van der Waals surface area contributed by atoms with E-state index in [1.165, 1.54) is 57.8 Å². The van der Waals surface area contributed by atoms with Crippen LogP contribution in [0.4, 0.5) is 0 Å². The van der Waals surface area contributed by atoms with Crippen LogP contribution in [-0.2, 0) is 0 Å². The van der Waals surface area contributed by atoms with Gasteiger partial charge >= 0.3 is 0 Å². The summed E-state index contributed by atoms with van der Waals surface area (Å²) in [5, 5.41) is 0. The van der Waals surface area contributed by atoms with Crippen molar-refractivity contribution in [3.63, 3.8) is 0 Å². The first-order chi connectivity index (χ1) is 14.1. The summed E-state index contributed by atoms with van der Waals surface area (Å²) < 4.78 is 0. The summed E-state index contributed by atoms with van der Waals surface area (Å²) in [5.74, 6) is 8.24. The molecule has 2 aromatic rings. The fourth-order valence-corrected chi connectivity index (χ4v) is 5.17. The van der Waals surface area contributed by atoms with Crippen LogP contribution >= 0.6 is 0 Å². The van der Waals surface area contributed by atoms with Crippen LogP contribution in [0.5, 0.6) is 0 Å². The van der Waals surface area contributed by atoms with Crippen LogP contribution in [0, 0.1) is 66.6 Å². The Kier molecular flexibility index (Phi) is 3.95. The summed E-state index contributed by atoms with van der Waals surface area (Å²) in [7, 11) is 0. The molecule has 2 fully saturated rings. The third-order valence-electron chi connectivity index (χ3n) is 6.70. The van der Waals surface area contributed by atoms with E-state index in [9.17, 15) is 0 Å². The van der Waals surface area contributed by atoms with Gasteiger partial charge in [-0.05, 0) is 65.2 Å². The number of rotatable bonds is 2. The minimum atomic E-state index is -0.0750. The second-order valence-electron chi connectivity index (χ2n) is 8.61. The van der Waals surface area contributed by atoms with E-state index in [1.54, 1.807) is 0 Å². The smallest absolute Gasteiger partial charge is 0.0208 e. The van der Waals surface area contributed by atoms with Crippen molar-refractivity contribution >= 4 is 12.2 Å². The molecule has 6 rings (SSSR count). The lowest BCUT2D eigenvalue weighted by Gasteiger charge is -2.43. The lowest BCUT2D eigenvalue weighted by atomic mass is 9.60. The molecule has 0 heterocycles. The molecular formula is C29H22. The molecule has 0 heteroatoms. The van der Waals surface area contributed by atoms with E-state index in [2.05, 4.69) is 112 Å². The standard InChI is InChI=1S/C29H22/c1-29(2,27-17-15-23-21-9-5-3-7-19(21)11-13-25(23)27)28-18-16-24-22-10-6-4-8-20(22)12-14-26(24)28/h3-18H,1-2H3. The van der Waals surface area contributed by atoms with Gasteiger partial charge in [0.1, 0.15) is 0 Å². The quantitative estimate of drug-likeness (QED) is 0.569. The molecule has 0 atom stereocenters. The summed E-state index contributed by atoms with van der Waals surface area (Å²) in [5.41, 5.74) is 5.21. The summed E-state index contributed by atoms with van der Waals surface area (Å²) in [6, 6.07) is 17.4. The van der Waals surface area contributed by atoms with Gasteiger partial charge in [0.15, 0.2) is 0 Å². The van der Waals surface area contributed by atoms with Crippen LogP contribution in [0.3, 0.4) is 0 Å². The summed E-state index contributed by atoms with van der Waals surface area (Å²) in [6.45, 7) is 4.72. The van der Waals surface area contributed by atoms with Crippen LogP contribution in [0.1, 0.15) is 36.1 Å². The largest absolute Gasteiger partial charge is 0.0752 e. The molecule has 0 aromatic heterocycles. The zero-order valence-corrected chi connectivity index (χ0v) is 16.7. The molecule has 0 bridgehead atoms. The van der Waals surface area contributed by atoms with Crippen molar-refractivity contribution in [3.8, 4) is 0 Å². The van der Waals surface area contributed by atoms with Gasteiger partial charge in [-0.2, -0.15) is 0 Å². The van der Waals surface area contributed by atoms with Crippen molar-refractivity contribution in [2.75, 3.05) is 0 Å². The Morgan fingerprint density at radius 2 is 0.931 bits per heavy atom. The molecule has 0 amide bonds. The van der Waals surface area contributed by atoms with Gasteiger partial charge < -0.3 is 0 Å². The molecule has 0 N–H and O–H groups in total. The third kappa shape index (κ3) is 2.57.